The Morgan fingerprint density at radius 3 is 0.828 bits per heavy atom. The molecule has 1 aliphatic rings. The van der Waals surface area contributed by atoms with E-state index in [0.717, 1.165) is 24.2 Å². The van der Waals surface area contributed by atoms with Gasteiger partial charge in [-0.05, 0) is 102 Å². The summed E-state index contributed by atoms with van der Waals surface area (Å²) in [6.07, 6.45) is 1.10. The number of hydrogen-bond acceptors (Lipinski definition) is 1. The highest BCUT2D eigenvalue weighted by Crippen LogP contribution is 2.36. The molecule has 58 heavy (non-hydrogen) atoms. The van der Waals surface area contributed by atoms with E-state index in [-0.39, 0.29) is 5.54 Å². The van der Waals surface area contributed by atoms with Crippen LogP contribution in [0.25, 0.3) is 21.9 Å². The normalized spacial score (nSPS) is 10.5. The third-order valence-electron chi connectivity index (χ3n) is 7.73. The molecule has 0 N–H and O–H groups in total. The van der Waals surface area contributed by atoms with E-state index in [1.165, 1.54) is 44.4 Å². The molecule has 306 valence electrons. The van der Waals surface area contributed by atoms with E-state index in [9.17, 15) is 0 Å². The lowest BCUT2D eigenvalue weighted by atomic mass is 10.0. The predicted octanol–water partition coefficient (Wildman–Crippen LogP) is 17.4. The number of nitrogens with zero attached hydrogens (tertiary/aromatic N) is 1. The molecule has 0 saturated heterocycles. The summed E-state index contributed by atoms with van der Waals surface area (Å²) in [4.78, 5) is 2.35. The number of para-hydroxylation sites is 2. The van der Waals surface area contributed by atoms with Crippen LogP contribution < -0.4 is 4.90 Å². The molecule has 0 radical (unpaired) electrons. The van der Waals surface area contributed by atoms with E-state index in [1.807, 2.05) is 36.4 Å². The fourth-order valence-electron chi connectivity index (χ4n) is 5.68. The van der Waals surface area contributed by atoms with E-state index >= 15 is 0 Å². The minimum Gasteiger partial charge on any atom is -0.336 e. The maximum Gasteiger partial charge on any atom is 0.0415 e. The first kappa shape index (κ1) is 48.7. The Hall–Kier alpha value is -5.40. The molecule has 0 fully saturated rings. The van der Waals surface area contributed by atoms with Crippen molar-refractivity contribution in [3.05, 3.63) is 205 Å². The summed E-state index contributed by atoms with van der Waals surface area (Å²) >= 11 is 0. The molecule has 0 spiro atoms. The van der Waals surface area contributed by atoms with Crippen molar-refractivity contribution in [1.29, 1.82) is 0 Å². The molecule has 7 aromatic carbocycles. The molecule has 0 atom stereocenters. The van der Waals surface area contributed by atoms with Crippen molar-refractivity contribution in [1.82, 2.24) is 0 Å². The fourth-order valence-corrected chi connectivity index (χ4v) is 5.68. The summed E-state index contributed by atoms with van der Waals surface area (Å²) in [5.74, 6) is 2.50. The smallest absolute Gasteiger partial charge is 0.0415 e. The van der Waals surface area contributed by atoms with Crippen LogP contribution in [0.2, 0.25) is 0 Å². The van der Waals surface area contributed by atoms with Gasteiger partial charge in [0.1, 0.15) is 0 Å². The summed E-state index contributed by atoms with van der Waals surface area (Å²) in [7, 11) is 0. The van der Waals surface area contributed by atoms with E-state index in [0.29, 0.717) is 0 Å². The summed E-state index contributed by atoms with van der Waals surface area (Å²) in [5, 5.41) is 2.62. The minimum atomic E-state index is 0.0582. The Morgan fingerprint density at radius 2 is 0.552 bits per heavy atom. The van der Waals surface area contributed by atoms with Crippen LogP contribution in [0.5, 0.6) is 0 Å². The Labute approximate surface area is 354 Å². The van der Waals surface area contributed by atoms with Gasteiger partial charge in [-0.25, -0.2) is 0 Å². The van der Waals surface area contributed by atoms with Crippen molar-refractivity contribution >= 4 is 22.1 Å². The van der Waals surface area contributed by atoms with Crippen molar-refractivity contribution in [3.63, 3.8) is 0 Å². The van der Waals surface area contributed by atoms with Gasteiger partial charge >= 0.3 is 0 Å². The van der Waals surface area contributed by atoms with Crippen LogP contribution in [0.3, 0.4) is 0 Å². The summed E-state index contributed by atoms with van der Waals surface area (Å²) < 4.78 is 0. The molecule has 0 unspecified atom stereocenters. The molecule has 8 rings (SSSR count). The lowest BCUT2D eigenvalue weighted by molar-refractivity contribution is 0.560. The maximum atomic E-state index is 2.35. The number of rotatable bonds is 2. The highest BCUT2D eigenvalue weighted by atomic mass is 15.2. The van der Waals surface area contributed by atoms with E-state index in [1.54, 1.807) is 0 Å². The number of hydrogen-bond donors (Lipinski definition) is 0. The topological polar surface area (TPSA) is 3.24 Å². The standard InChI is InChI=1S/C16H19N.C13H10.C10H8.C6H6.3C4H10/c1-16(2,3)17(14-10-6-4-7-11-14)15-12-8-5-9-13-15;1-3-7-12-10(5-1)9-11-6-2-4-8-13(11)12;1-2-6-10-8-4-3-7-9(10)5-1;1-2-4-6-5-3-1;3*1-4(2)3/h4-13H,1-3H3;1-8H,9H2;1-8H;1-6H;3*4H,1-3H3. The van der Waals surface area contributed by atoms with E-state index in [2.05, 4.69) is 246 Å². The van der Waals surface area contributed by atoms with Gasteiger partial charge in [0.15, 0.2) is 0 Å². The highest BCUT2D eigenvalue weighted by molar-refractivity contribution is 5.82. The molecule has 0 bridgehead atoms. The summed E-state index contributed by atoms with van der Waals surface area (Å²) in [6.45, 7) is 26.2. The average Bonchev–Trinajstić information content (AvgIpc) is 3.58. The van der Waals surface area contributed by atoms with Crippen molar-refractivity contribution in [2.45, 2.75) is 95.0 Å². The molecule has 0 aromatic heterocycles. The quantitative estimate of drug-likeness (QED) is 0.169. The molecule has 7 aromatic rings. The Balaban J connectivity index is 0.000000252. The number of anilines is 2. The second kappa shape index (κ2) is 27.3. The zero-order chi connectivity index (χ0) is 42.8. The zero-order valence-electron chi connectivity index (χ0n) is 37.9. The first-order chi connectivity index (χ1) is 27.7. The minimum absolute atomic E-state index is 0.0582. The lowest BCUT2D eigenvalue weighted by Crippen LogP contribution is -2.37. The Kier molecular flexibility index (Phi) is 22.9. The van der Waals surface area contributed by atoms with Gasteiger partial charge in [0, 0.05) is 16.9 Å². The second-order valence-corrected chi connectivity index (χ2v) is 17.4. The van der Waals surface area contributed by atoms with Crippen molar-refractivity contribution in [2.24, 2.45) is 17.8 Å². The van der Waals surface area contributed by atoms with Gasteiger partial charge in [-0.15, -0.1) is 0 Å². The molecule has 1 nitrogen and oxygen atoms in total. The molecule has 0 saturated carbocycles. The van der Waals surface area contributed by atoms with Crippen LogP contribution in [-0.4, -0.2) is 5.54 Å². The third-order valence-corrected chi connectivity index (χ3v) is 7.73. The van der Waals surface area contributed by atoms with Gasteiger partial charge in [0.25, 0.3) is 0 Å². The van der Waals surface area contributed by atoms with Gasteiger partial charge in [-0.2, -0.15) is 0 Å². The number of fused-ring (bicyclic) bond motifs is 4. The largest absolute Gasteiger partial charge is 0.336 e. The fraction of sp³-hybridized carbons (Fsp3) is 0.298. The van der Waals surface area contributed by atoms with Gasteiger partial charge < -0.3 is 4.90 Å². The molecule has 0 amide bonds. The SMILES string of the molecule is CC(C)(C)N(c1ccccc1)c1ccccc1.CC(C)C.CC(C)C.CC(C)C.c1ccc2c(c1)Cc1ccccc1-2.c1ccc2ccccc2c1.c1ccccc1. The monoisotopic (exact) mass is 772 g/mol. The highest BCUT2D eigenvalue weighted by Gasteiger charge is 2.23. The van der Waals surface area contributed by atoms with E-state index < -0.39 is 0 Å². The average molecular weight is 772 g/mol. The van der Waals surface area contributed by atoms with Crippen LogP contribution in [0.4, 0.5) is 11.4 Å². The van der Waals surface area contributed by atoms with Crippen LogP contribution in [0, 0.1) is 17.8 Å². The zero-order valence-corrected chi connectivity index (χ0v) is 37.9. The molecular weight excluding hydrogens is 699 g/mol. The van der Waals surface area contributed by atoms with Crippen molar-refractivity contribution in [3.8, 4) is 11.1 Å². The first-order valence-electron chi connectivity index (χ1n) is 21.2. The second-order valence-electron chi connectivity index (χ2n) is 17.4. The third kappa shape index (κ3) is 20.1. The van der Waals surface area contributed by atoms with Crippen molar-refractivity contribution < 1.29 is 0 Å². The summed E-state index contributed by atoms with van der Waals surface area (Å²) in [5.41, 5.74) is 8.27. The summed E-state index contributed by atoms with van der Waals surface area (Å²) in [6, 6.07) is 67.1. The molecule has 0 heterocycles. The van der Waals surface area contributed by atoms with Crippen LogP contribution in [0.1, 0.15) is 94.2 Å². The van der Waals surface area contributed by atoms with Crippen molar-refractivity contribution in [2.75, 3.05) is 4.90 Å². The molecule has 0 aliphatic heterocycles. The number of benzene rings is 7. The predicted molar refractivity (Wildman–Crippen MR) is 261 cm³/mol. The first-order valence-corrected chi connectivity index (χ1v) is 21.2. The van der Waals surface area contributed by atoms with Crippen LogP contribution >= 0.6 is 0 Å². The van der Waals surface area contributed by atoms with Crippen LogP contribution in [0.15, 0.2) is 194 Å². The van der Waals surface area contributed by atoms with Gasteiger partial charge in [-0.1, -0.05) is 232 Å². The lowest BCUT2D eigenvalue weighted by Gasteiger charge is -2.37. The maximum absolute atomic E-state index is 2.35. The van der Waals surface area contributed by atoms with Crippen LogP contribution in [-0.2, 0) is 6.42 Å². The Bertz CT molecular complexity index is 1840. The van der Waals surface area contributed by atoms with Gasteiger partial charge in [0.2, 0.25) is 0 Å². The van der Waals surface area contributed by atoms with Gasteiger partial charge in [-0.3, -0.25) is 0 Å². The van der Waals surface area contributed by atoms with Gasteiger partial charge in [0.05, 0.1) is 0 Å². The molecular formula is C57H73N. The molecule has 1 aliphatic carbocycles. The molecule has 1 heteroatoms. The Morgan fingerprint density at radius 1 is 0.328 bits per heavy atom. The van der Waals surface area contributed by atoms with E-state index in [4.69, 9.17) is 0 Å².